The average molecular weight is 234 g/mol. The summed E-state index contributed by atoms with van der Waals surface area (Å²) in [6.45, 7) is 1.94. The Balaban J connectivity index is 1.98. The molecule has 0 aromatic heterocycles. The van der Waals surface area contributed by atoms with E-state index in [4.69, 9.17) is 4.74 Å². The van der Waals surface area contributed by atoms with Gasteiger partial charge in [-0.3, -0.25) is 9.79 Å². The Morgan fingerprint density at radius 2 is 2.47 bits per heavy atom. The van der Waals surface area contributed by atoms with E-state index in [1.54, 1.807) is 13.2 Å². The van der Waals surface area contributed by atoms with Crippen LogP contribution in [0, 0.1) is 0 Å². The molecule has 1 aliphatic carbocycles. The molecule has 1 fully saturated rings. The molecule has 0 aromatic rings. The SMILES string of the molecule is CO[C@]12C=CC(=O)C[C@H]1N1CCCN=C1CC2. The van der Waals surface area contributed by atoms with Crippen LogP contribution in [0.1, 0.15) is 25.7 Å². The Morgan fingerprint density at radius 3 is 3.29 bits per heavy atom. The molecule has 92 valence electrons. The number of carbonyl (C=O) groups is 1. The van der Waals surface area contributed by atoms with Crippen molar-refractivity contribution in [3.63, 3.8) is 0 Å². The van der Waals surface area contributed by atoms with Crippen molar-refractivity contribution < 1.29 is 9.53 Å². The van der Waals surface area contributed by atoms with Gasteiger partial charge in [0.05, 0.1) is 11.9 Å². The Labute approximate surface area is 101 Å². The molecule has 3 aliphatic rings. The number of hydrogen-bond acceptors (Lipinski definition) is 4. The van der Waals surface area contributed by atoms with Crippen LogP contribution in [-0.4, -0.2) is 48.4 Å². The number of methoxy groups -OCH3 is 1. The zero-order valence-corrected chi connectivity index (χ0v) is 10.2. The molecular weight excluding hydrogens is 216 g/mol. The molecule has 2 heterocycles. The van der Waals surface area contributed by atoms with Crippen molar-refractivity contribution >= 4 is 11.6 Å². The highest BCUT2D eigenvalue weighted by atomic mass is 16.5. The van der Waals surface area contributed by atoms with Gasteiger partial charge in [-0.25, -0.2) is 0 Å². The summed E-state index contributed by atoms with van der Waals surface area (Å²) in [6.07, 6.45) is 7.19. The number of fused-ring (bicyclic) bond motifs is 3. The molecule has 2 atom stereocenters. The monoisotopic (exact) mass is 234 g/mol. The molecule has 0 amide bonds. The van der Waals surface area contributed by atoms with Crippen LogP contribution in [0.3, 0.4) is 0 Å². The second kappa shape index (κ2) is 3.95. The molecule has 0 unspecified atom stereocenters. The first kappa shape index (κ1) is 11.0. The van der Waals surface area contributed by atoms with Crippen LogP contribution < -0.4 is 0 Å². The van der Waals surface area contributed by atoms with Gasteiger partial charge in [0.1, 0.15) is 5.60 Å². The number of nitrogens with zero attached hydrogens (tertiary/aromatic N) is 2. The van der Waals surface area contributed by atoms with Crippen molar-refractivity contribution in [2.45, 2.75) is 37.3 Å². The third-order valence-electron chi connectivity index (χ3n) is 4.19. The first-order valence-corrected chi connectivity index (χ1v) is 6.32. The van der Waals surface area contributed by atoms with E-state index in [2.05, 4.69) is 9.89 Å². The predicted molar refractivity (Wildman–Crippen MR) is 65.2 cm³/mol. The summed E-state index contributed by atoms with van der Waals surface area (Å²) < 4.78 is 5.74. The lowest BCUT2D eigenvalue weighted by Crippen LogP contribution is -2.61. The zero-order chi connectivity index (χ0) is 11.9. The zero-order valence-electron chi connectivity index (χ0n) is 10.2. The predicted octanol–water partition coefficient (Wildman–Crippen LogP) is 1.17. The highest BCUT2D eigenvalue weighted by Gasteiger charge is 2.48. The lowest BCUT2D eigenvalue weighted by molar-refractivity contribution is -0.121. The van der Waals surface area contributed by atoms with E-state index in [1.165, 1.54) is 5.84 Å². The van der Waals surface area contributed by atoms with Gasteiger partial charge in [0.2, 0.25) is 0 Å². The largest absolute Gasteiger partial charge is 0.372 e. The molecule has 0 N–H and O–H groups in total. The number of aliphatic imine (C=N–C) groups is 1. The minimum atomic E-state index is -0.274. The van der Waals surface area contributed by atoms with Gasteiger partial charge < -0.3 is 9.64 Å². The third kappa shape index (κ3) is 1.62. The number of hydrogen-bond donors (Lipinski definition) is 0. The van der Waals surface area contributed by atoms with Crippen LogP contribution in [0.15, 0.2) is 17.1 Å². The van der Waals surface area contributed by atoms with Gasteiger partial charge in [0, 0.05) is 33.0 Å². The number of rotatable bonds is 1. The lowest BCUT2D eigenvalue weighted by atomic mass is 9.77. The second-order valence-electron chi connectivity index (χ2n) is 5.02. The van der Waals surface area contributed by atoms with Crippen molar-refractivity contribution in [2.75, 3.05) is 20.2 Å². The number of allylic oxidation sites excluding steroid dienone is 1. The molecule has 3 rings (SSSR count). The smallest absolute Gasteiger partial charge is 0.157 e. The van der Waals surface area contributed by atoms with Crippen molar-refractivity contribution in [2.24, 2.45) is 4.99 Å². The maximum absolute atomic E-state index is 11.6. The molecule has 0 radical (unpaired) electrons. The van der Waals surface area contributed by atoms with E-state index in [9.17, 15) is 4.79 Å². The molecule has 0 bridgehead atoms. The van der Waals surface area contributed by atoms with Gasteiger partial charge in [0.25, 0.3) is 0 Å². The maximum Gasteiger partial charge on any atom is 0.157 e. The van der Waals surface area contributed by atoms with Gasteiger partial charge in [-0.1, -0.05) is 0 Å². The number of ketones is 1. The Morgan fingerprint density at radius 1 is 1.59 bits per heavy atom. The number of ether oxygens (including phenoxy) is 1. The van der Waals surface area contributed by atoms with Gasteiger partial charge >= 0.3 is 0 Å². The third-order valence-corrected chi connectivity index (χ3v) is 4.19. The number of carbonyl (C=O) groups excluding carboxylic acids is 1. The van der Waals surface area contributed by atoms with E-state index in [1.807, 2.05) is 6.08 Å². The average Bonchev–Trinajstić information content (AvgIpc) is 2.39. The van der Waals surface area contributed by atoms with Gasteiger partial charge in [-0.2, -0.15) is 0 Å². The summed E-state index contributed by atoms with van der Waals surface area (Å²) in [6, 6.07) is 0.151. The van der Waals surface area contributed by atoms with Crippen molar-refractivity contribution in [1.29, 1.82) is 0 Å². The van der Waals surface area contributed by atoms with Crippen LogP contribution in [0.4, 0.5) is 0 Å². The Bertz CT molecular complexity index is 402. The molecule has 17 heavy (non-hydrogen) atoms. The summed E-state index contributed by atoms with van der Waals surface area (Å²) in [5.74, 6) is 1.38. The number of amidine groups is 1. The standard InChI is InChI=1S/C13H18N2O2/c1-17-13-5-3-10(16)9-11(13)15-8-2-7-14-12(15)4-6-13/h3,5,11H,2,4,6-9H2,1H3/t11-,13+/m1/s1. The fraction of sp³-hybridized carbons (Fsp3) is 0.692. The fourth-order valence-electron chi connectivity index (χ4n) is 3.24. The van der Waals surface area contributed by atoms with Gasteiger partial charge in [-0.15, -0.1) is 0 Å². The summed E-state index contributed by atoms with van der Waals surface area (Å²) in [7, 11) is 1.75. The topological polar surface area (TPSA) is 41.9 Å². The lowest BCUT2D eigenvalue weighted by Gasteiger charge is -2.51. The van der Waals surface area contributed by atoms with Crippen LogP contribution in [-0.2, 0) is 9.53 Å². The van der Waals surface area contributed by atoms with Gasteiger partial charge in [0.15, 0.2) is 5.78 Å². The van der Waals surface area contributed by atoms with Crippen molar-refractivity contribution in [3.8, 4) is 0 Å². The quantitative estimate of drug-likeness (QED) is 0.684. The van der Waals surface area contributed by atoms with E-state index in [-0.39, 0.29) is 17.4 Å². The molecule has 4 nitrogen and oxygen atoms in total. The van der Waals surface area contributed by atoms with Crippen LogP contribution in [0.25, 0.3) is 0 Å². The summed E-state index contributed by atoms with van der Waals surface area (Å²) in [4.78, 5) is 18.5. The molecule has 1 saturated heterocycles. The Kier molecular flexibility index (Phi) is 2.54. The van der Waals surface area contributed by atoms with Crippen LogP contribution in [0.5, 0.6) is 0 Å². The van der Waals surface area contributed by atoms with Gasteiger partial charge in [-0.05, 0) is 25.0 Å². The molecule has 0 aromatic carbocycles. The highest BCUT2D eigenvalue weighted by Crippen LogP contribution is 2.38. The summed E-state index contributed by atoms with van der Waals surface area (Å²) in [5.41, 5.74) is -0.274. The minimum absolute atomic E-state index is 0.151. The summed E-state index contributed by atoms with van der Waals surface area (Å²) in [5, 5.41) is 0. The highest BCUT2D eigenvalue weighted by molar-refractivity contribution is 5.93. The molecule has 0 saturated carbocycles. The molecule has 2 aliphatic heterocycles. The van der Waals surface area contributed by atoms with Crippen molar-refractivity contribution in [1.82, 2.24) is 4.90 Å². The minimum Gasteiger partial charge on any atom is -0.372 e. The normalized spacial score (nSPS) is 36.3. The second-order valence-corrected chi connectivity index (χ2v) is 5.02. The van der Waals surface area contributed by atoms with E-state index in [0.29, 0.717) is 6.42 Å². The van der Waals surface area contributed by atoms with Crippen LogP contribution >= 0.6 is 0 Å². The Hall–Kier alpha value is -1.16. The number of piperidine rings is 1. The molecular formula is C13H18N2O2. The molecule has 0 spiro atoms. The van der Waals surface area contributed by atoms with Crippen LogP contribution in [0.2, 0.25) is 0 Å². The molecule has 4 heteroatoms. The van der Waals surface area contributed by atoms with Crippen molar-refractivity contribution in [3.05, 3.63) is 12.2 Å². The first-order chi connectivity index (χ1) is 8.25. The van der Waals surface area contributed by atoms with E-state index < -0.39 is 0 Å². The fourth-order valence-corrected chi connectivity index (χ4v) is 3.24. The summed E-state index contributed by atoms with van der Waals surface area (Å²) >= 11 is 0. The van der Waals surface area contributed by atoms with E-state index in [0.717, 1.165) is 32.4 Å². The maximum atomic E-state index is 11.6. The van der Waals surface area contributed by atoms with E-state index >= 15 is 0 Å². The first-order valence-electron chi connectivity index (χ1n) is 6.32.